The van der Waals surface area contributed by atoms with Crippen LogP contribution in [0.2, 0.25) is 0 Å². The van der Waals surface area contributed by atoms with E-state index in [1.54, 1.807) is 12.1 Å². The summed E-state index contributed by atoms with van der Waals surface area (Å²) in [5.41, 5.74) is 0. The second-order valence-electron chi connectivity index (χ2n) is 6.20. The Morgan fingerprint density at radius 1 is 1.21 bits per heavy atom. The van der Waals surface area contributed by atoms with Crippen molar-refractivity contribution in [1.29, 1.82) is 0 Å². The van der Waals surface area contributed by atoms with Crippen molar-refractivity contribution < 1.29 is 21.6 Å². The summed E-state index contributed by atoms with van der Waals surface area (Å²) < 4.78 is 54.8. The van der Waals surface area contributed by atoms with E-state index in [2.05, 4.69) is 5.32 Å². The summed E-state index contributed by atoms with van der Waals surface area (Å²) in [6, 6.07) is 5.43. The van der Waals surface area contributed by atoms with Gasteiger partial charge < -0.3 is 15.0 Å². The van der Waals surface area contributed by atoms with Crippen molar-refractivity contribution in [3.8, 4) is 5.75 Å². The average Bonchev–Trinajstić information content (AvgIpc) is 2.82. The number of sulfone groups is 2. The van der Waals surface area contributed by atoms with E-state index >= 15 is 0 Å². The SMILES string of the molecule is COc1ccc(S(=O)(=O)[C@H]2CS(=O)(=O)C[C@@H]2NCCN(C)C)cc1. The van der Waals surface area contributed by atoms with Crippen LogP contribution in [0.1, 0.15) is 0 Å². The fraction of sp³-hybridized carbons (Fsp3) is 0.600. The van der Waals surface area contributed by atoms with Gasteiger partial charge in [0, 0.05) is 19.1 Å². The van der Waals surface area contributed by atoms with Gasteiger partial charge in [-0.05, 0) is 38.4 Å². The van der Waals surface area contributed by atoms with Gasteiger partial charge in [-0.25, -0.2) is 16.8 Å². The third-order valence-electron chi connectivity index (χ3n) is 4.05. The van der Waals surface area contributed by atoms with E-state index in [-0.39, 0.29) is 16.4 Å². The summed E-state index contributed by atoms with van der Waals surface area (Å²) >= 11 is 0. The third-order valence-corrected chi connectivity index (χ3v) is 8.22. The predicted molar refractivity (Wildman–Crippen MR) is 93.0 cm³/mol. The van der Waals surface area contributed by atoms with Crippen molar-refractivity contribution >= 4 is 19.7 Å². The monoisotopic (exact) mass is 376 g/mol. The van der Waals surface area contributed by atoms with Gasteiger partial charge in [-0.2, -0.15) is 0 Å². The number of nitrogens with zero attached hydrogens (tertiary/aromatic N) is 1. The minimum atomic E-state index is -3.75. The highest BCUT2D eigenvalue weighted by molar-refractivity contribution is 7.96. The topological polar surface area (TPSA) is 92.8 Å². The molecule has 1 saturated heterocycles. The van der Waals surface area contributed by atoms with Crippen LogP contribution < -0.4 is 10.1 Å². The van der Waals surface area contributed by atoms with Crippen molar-refractivity contribution in [2.75, 3.05) is 45.8 Å². The maximum atomic E-state index is 12.9. The molecule has 1 aromatic carbocycles. The molecule has 0 amide bonds. The zero-order chi connectivity index (χ0) is 18.0. The Hall–Kier alpha value is -1.16. The number of hydrogen-bond acceptors (Lipinski definition) is 7. The first-order valence-corrected chi connectivity index (χ1v) is 11.0. The summed E-state index contributed by atoms with van der Waals surface area (Å²) in [5.74, 6) is 0.0511. The molecule has 0 saturated carbocycles. The van der Waals surface area contributed by atoms with Gasteiger partial charge in [-0.15, -0.1) is 0 Å². The van der Waals surface area contributed by atoms with Gasteiger partial charge in [0.05, 0.1) is 28.8 Å². The van der Waals surface area contributed by atoms with Gasteiger partial charge in [0.2, 0.25) is 0 Å². The smallest absolute Gasteiger partial charge is 0.183 e. The molecule has 1 fully saturated rings. The van der Waals surface area contributed by atoms with Crippen molar-refractivity contribution in [3.05, 3.63) is 24.3 Å². The van der Waals surface area contributed by atoms with Gasteiger partial charge in [-0.3, -0.25) is 0 Å². The molecule has 9 heteroatoms. The van der Waals surface area contributed by atoms with E-state index in [9.17, 15) is 16.8 Å². The Morgan fingerprint density at radius 2 is 1.83 bits per heavy atom. The molecule has 1 N–H and O–H groups in total. The minimum Gasteiger partial charge on any atom is -0.497 e. The van der Waals surface area contributed by atoms with E-state index < -0.39 is 31.0 Å². The summed E-state index contributed by atoms with van der Waals surface area (Å²) in [4.78, 5) is 2.06. The standard InChI is InChI=1S/C15H24N2O5S2/c1-17(2)9-8-16-14-10-23(18,19)11-15(14)24(20,21)13-6-4-12(22-3)5-7-13/h4-7,14-16H,8-11H2,1-3H3/t14-,15-/m0/s1. The summed E-state index contributed by atoms with van der Waals surface area (Å²) in [6.07, 6.45) is 0. The number of benzene rings is 1. The Morgan fingerprint density at radius 3 is 2.38 bits per heavy atom. The number of hydrogen-bond donors (Lipinski definition) is 1. The Labute approximate surface area is 143 Å². The van der Waals surface area contributed by atoms with Crippen LogP contribution in [-0.4, -0.2) is 78.8 Å². The quantitative estimate of drug-likeness (QED) is 0.704. The molecule has 0 spiro atoms. The Kier molecular flexibility index (Phi) is 5.90. The largest absolute Gasteiger partial charge is 0.497 e. The first kappa shape index (κ1) is 19.2. The summed E-state index contributed by atoms with van der Waals surface area (Å²) in [6.45, 7) is 1.23. The summed E-state index contributed by atoms with van der Waals surface area (Å²) in [7, 11) is -1.82. The first-order chi connectivity index (χ1) is 11.2. The second kappa shape index (κ2) is 7.38. The minimum absolute atomic E-state index is 0.116. The lowest BCUT2D eigenvalue weighted by Gasteiger charge is -2.21. The van der Waals surface area contributed by atoms with Gasteiger partial charge in [0.1, 0.15) is 5.75 Å². The molecule has 2 atom stereocenters. The molecule has 24 heavy (non-hydrogen) atoms. The van der Waals surface area contributed by atoms with Crippen molar-refractivity contribution in [2.24, 2.45) is 0 Å². The van der Waals surface area contributed by atoms with Crippen LogP contribution in [-0.2, 0) is 19.7 Å². The van der Waals surface area contributed by atoms with E-state index in [4.69, 9.17) is 4.74 Å². The molecule has 1 heterocycles. The molecule has 1 aliphatic rings. The third kappa shape index (κ3) is 4.47. The van der Waals surface area contributed by atoms with Crippen LogP contribution in [0.15, 0.2) is 29.2 Å². The molecule has 0 radical (unpaired) electrons. The van der Waals surface area contributed by atoms with E-state index in [0.717, 1.165) is 0 Å². The summed E-state index contributed by atoms with van der Waals surface area (Å²) in [5, 5.41) is 2.12. The molecule has 2 rings (SSSR count). The fourth-order valence-corrected chi connectivity index (χ4v) is 7.44. The zero-order valence-corrected chi connectivity index (χ0v) is 15.7. The average molecular weight is 377 g/mol. The maximum absolute atomic E-state index is 12.9. The van der Waals surface area contributed by atoms with Crippen LogP contribution in [0, 0.1) is 0 Å². The van der Waals surface area contributed by atoms with Crippen LogP contribution in [0.5, 0.6) is 5.75 Å². The molecular formula is C15H24N2O5S2. The van der Waals surface area contributed by atoms with Crippen molar-refractivity contribution in [3.63, 3.8) is 0 Å². The Bertz CT molecular complexity index is 758. The molecule has 0 unspecified atom stereocenters. The number of likely N-dealkylation sites (N-methyl/N-ethyl adjacent to an activating group) is 1. The van der Waals surface area contributed by atoms with Crippen LogP contribution in [0.4, 0.5) is 0 Å². The van der Waals surface area contributed by atoms with Gasteiger partial charge in [0.15, 0.2) is 19.7 Å². The highest BCUT2D eigenvalue weighted by Crippen LogP contribution is 2.27. The highest BCUT2D eigenvalue weighted by Gasteiger charge is 2.45. The normalized spacial score (nSPS) is 23.5. The molecular weight excluding hydrogens is 352 g/mol. The van der Waals surface area contributed by atoms with E-state index in [0.29, 0.717) is 18.8 Å². The van der Waals surface area contributed by atoms with Crippen LogP contribution in [0.25, 0.3) is 0 Å². The first-order valence-electron chi connectivity index (χ1n) is 7.62. The van der Waals surface area contributed by atoms with E-state index in [1.165, 1.54) is 19.2 Å². The maximum Gasteiger partial charge on any atom is 0.183 e. The highest BCUT2D eigenvalue weighted by atomic mass is 32.2. The number of methoxy groups -OCH3 is 1. The molecule has 7 nitrogen and oxygen atoms in total. The lowest BCUT2D eigenvalue weighted by Crippen LogP contribution is -2.45. The van der Waals surface area contributed by atoms with Crippen molar-refractivity contribution in [2.45, 2.75) is 16.2 Å². The molecule has 1 aliphatic heterocycles. The lowest BCUT2D eigenvalue weighted by molar-refractivity contribution is 0.388. The van der Waals surface area contributed by atoms with Gasteiger partial charge >= 0.3 is 0 Å². The number of rotatable bonds is 7. The second-order valence-corrected chi connectivity index (χ2v) is 10.5. The predicted octanol–water partition coefficient (Wildman–Crippen LogP) is -0.214. The van der Waals surface area contributed by atoms with E-state index in [1.807, 2.05) is 19.0 Å². The Balaban J connectivity index is 2.24. The number of nitrogens with one attached hydrogen (secondary N) is 1. The molecule has 0 aliphatic carbocycles. The van der Waals surface area contributed by atoms with Crippen molar-refractivity contribution in [1.82, 2.24) is 10.2 Å². The van der Waals surface area contributed by atoms with Gasteiger partial charge in [-0.1, -0.05) is 0 Å². The molecule has 1 aromatic rings. The number of ether oxygens (including phenoxy) is 1. The van der Waals surface area contributed by atoms with Crippen LogP contribution >= 0.6 is 0 Å². The van der Waals surface area contributed by atoms with Gasteiger partial charge in [0.25, 0.3) is 0 Å². The fourth-order valence-electron chi connectivity index (χ4n) is 2.73. The molecule has 0 aromatic heterocycles. The molecule has 136 valence electrons. The zero-order valence-electron chi connectivity index (χ0n) is 14.1. The van der Waals surface area contributed by atoms with Crippen LogP contribution in [0.3, 0.4) is 0 Å². The lowest BCUT2D eigenvalue weighted by atomic mass is 10.2. The molecule has 0 bridgehead atoms.